The van der Waals surface area contributed by atoms with Crippen molar-refractivity contribution in [3.05, 3.63) is 0 Å². The van der Waals surface area contributed by atoms with E-state index in [9.17, 15) is 9.59 Å². The second kappa shape index (κ2) is 7.89. The number of amides is 2. The van der Waals surface area contributed by atoms with Crippen LogP contribution in [0.4, 0.5) is 4.79 Å². The Morgan fingerprint density at radius 2 is 2.06 bits per heavy atom. The first kappa shape index (κ1) is 15.7. The maximum absolute atomic E-state index is 11.7. The minimum Gasteiger partial charge on any atom is -0.480 e. The van der Waals surface area contributed by atoms with Gasteiger partial charge in [-0.1, -0.05) is 6.92 Å². The zero-order valence-corrected chi connectivity index (χ0v) is 10.9. The third-order valence-electron chi connectivity index (χ3n) is 2.58. The number of urea groups is 1. The number of carboxylic acids is 1. The lowest BCUT2D eigenvalue weighted by atomic mass is 10.2. The number of nitrogens with one attached hydrogen (secondary N) is 1. The van der Waals surface area contributed by atoms with Crippen LogP contribution in [0.3, 0.4) is 0 Å². The average molecular weight is 246 g/mol. The maximum atomic E-state index is 11.7. The molecule has 17 heavy (non-hydrogen) atoms. The Hall–Kier alpha value is -1.30. The Morgan fingerprint density at radius 3 is 2.47 bits per heavy atom. The summed E-state index contributed by atoms with van der Waals surface area (Å²) < 4.78 is 4.90. The van der Waals surface area contributed by atoms with Crippen LogP contribution in [0, 0.1) is 0 Å². The van der Waals surface area contributed by atoms with E-state index < -0.39 is 12.0 Å². The minimum absolute atomic E-state index is 0.0452. The van der Waals surface area contributed by atoms with E-state index in [1.54, 1.807) is 14.0 Å². The summed E-state index contributed by atoms with van der Waals surface area (Å²) in [6, 6.07) is -1.20. The molecule has 0 rings (SSSR count). The van der Waals surface area contributed by atoms with Crippen LogP contribution in [-0.2, 0) is 9.53 Å². The van der Waals surface area contributed by atoms with E-state index in [-0.39, 0.29) is 12.1 Å². The maximum Gasteiger partial charge on any atom is 0.326 e. The highest BCUT2D eigenvalue weighted by Gasteiger charge is 2.25. The minimum atomic E-state index is -0.991. The summed E-state index contributed by atoms with van der Waals surface area (Å²) >= 11 is 0. The van der Waals surface area contributed by atoms with Crippen molar-refractivity contribution in [3.63, 3.8) is 0 Å². The van der Waals surface area contributed by atoms with E-state index in [0.29, 0.717) is 19.4 Å². The summed E-state index contributed by atoms with van der Waals surface area (Å²) in [5.41, 5.74) is 0. The first-order chi connectivity index (χ1) is 7.93. The molecule has 100 valence electrons. The molecule has 0 aliphatic heterocycles. The van der Waals surface area contributed by atoms with Gasteiger partial charge in [0.25, 0.3) is 0 Å². The molecule has 0 aromatic rings. The Kier molecular flexibility index (Phi) is 7.29. The second-order valence-electron chi connectivity index (χ2n) is 4.01. The predicted octanol–water partition coefficient (Wildman–Crippen LogP) is 0.916. The molecule has 0 fully saturated rings. The van der Waals surface area contributed by atoms with Crippen molar-refractivity contribution in [3.8, 4) is 0 Å². The summed E-state index contributed by atoms with van der Waals surface area (Å²) in [6.07, 6.45) is 1.08. The van der Waals surface area contributed by atoms with Gasteiger partial charge in [0.15, 0.2) is 0 Å². The normalized spacial score (nSPS) is 13.9. The molecule has 6 heteroatoms. The molecule has 2 amide bonds. The lowest BCUT2D eigenvalue weighted by Gasteiger charge is -2.25. The smallest absolute Gasteiger partial charge is 0.326 e. The molecular weight excluding hydrogens is 224 g/mol. The van der Waals surface area contributed by atoms with Crippen molar-refractivity contribution >= 4 is 12.0 Å². The molecule has 0 heterocycles. The topological polar surface area (TPSA) is 78.9 Å². The molecule has 0 aromatic heterocycles. The standard InChI is InChI=1S/C11H22N2O4/c1-5-9(10(14)15)13(3)11(16)12-8(2)6-7-17-4/h8-9H,5-7H2,1-4H3,(H,12,16)(H,14,15). The van der Waals surface area contributed by atoms with Gasteiger partial charge in [-0.25, -0.2) is 9.59 Å². The molecular formula is C11H22N2O4. The number of methoxy groups -OCH3 is 1. The Labute approximate surface area is 102 Å². The molecule has 0 bridgehead atoms. The van der Waals surface area contributed by atoms with Crippen molar-refractivity contribution in [1.82, 2.24) is 10.2 Å². The Morgan fingerprint density at radius 1 is 1.47 bits per heavy atom. The van der Waals surface area contributed by atoms with Crippen molar-refractivity contribution in [2.45, 2.75) is 38.8 Å². The van der Waals surface area contributed by atoms with Crippen molar-refractivity contribution in [2.24, 2.45) is 0 Å². The van der Waals surface area contributed by atoms with Gasteiger partial charge in [-0.2, -0.15) is 0 Å². The average Bonchev–Trinajstić information content (AvgIpc) is 2.26. The number of aliphatic carboxylic acids is 1. The number of ether oxygens (including phenoxy) is 1. The first-order valence-electron chi connectivity index (χ1n) is 5.69. The van der Waals surface area contributed by atoms with Crippen molar-refractivity contribution in [2.75, 3.05) is 20.8 Å². The van der Waals surface area contributed by atoms with Crippen LogP contribution in [0.2, 0.25) is 0 Å². The highest BCUT2D eigenvalue weighted by molar-refractivity contribution is 5.82. The summed E-state index contributed by atoms with van der Waals surface area (Å²) in [5.74, 6) is -0.991. The number of likely N-dealkylation sites (N-methyl/N-ethyl adjacent to an activating group) is 1. The number of rotatable bonds is 7. The lowest BCUT2D eigenvalue weighted by Crippen LogP contribution is -2.49. The number of hydrogen-bond donors (Lipinski definition) is 2. The Bertz CT molecular complexity index is 258. The Balaban J connectivity index is 4.25. The van der Waals surface area contributed by atoms with Crippen LogP contribution in [0.25, 0.3) is 0 Å². The monoisotopic (exact) mass is 246 g/mol. The molecule has 0 saturated carbocycles. The highest BCUT2D eigenvalue weighted by atomic mass is 16.5. The third-order valence-corrected chi connectivity index (χ3v) is 2.58. The van der Waals surface area contributed by atoms with E-state index in [2.05, 4.69) is 5.32 Å². The predicted molar refractivity (Wildman–Crippen MR) is 64.0 cm³/mol. The molecule has 2 atom stereocenters. The van der Waals surface area contributed by atoms with E-state index >= 15 is 0 Å². The van der Waals surface area contributed by atoms with Gasteiger partial charge in [-0.3, -0.25) is 0 Å². The van der Waals surface area contributed by atoms with E-state index in [1.807, 2.05) is 6.92 Å². The van der Waals surface area contributed by atoms with Crippen LogP contribution in [0.1, 0.15) is 26.7 Å². The number of nitrogens with zero attached hydrogens (tertiary/aromatic N) is 1. The fourth-order valence-corrected chi connectivity index (χ4v) is 1.44. The van der Waals surface area contributed by atoms with Gasteiger partial charge in [0.2, 0.25) is 0 Å². The molecule has 0 saturated heterocycles. The lowest BCUT2D eigenvalue weighted by molar-refractivity contribution is -0.141. The number of carboxylic acid groups (broad SMARTS) is 1. The second-order valence-corrected chi connectivity index (χ2v) is 4.01. The largest absolute Gasteiger partial charge is 0.480 e. The van der Waals surface area contributed by atoms with E-state index in [1.165, 1.54) is 11.9 Å². The fraction of sp³-hybridized carbons (Fsp3) is 0.818. The summed E-state index contributed by atoms with van der Waals surface area (Å²) in [4.78, 5) is 23.8. The SMILES string of the molecule is CCC(C(=O)O)N(C)C(=O)NC(C)CCOC. The van der Waals surface area contributed by atoms with Crippen LogP contribution in [-0.4, -0.2) is 54.9 Å². The van der Waals surface area contributed by atoms with Crippen molar-refractivity contribution < 1.29 is 19.4 Å². The van der Waals surface area contributed by atoms with Crippen LogP contribution in [0.15, 0.2) is 0 Å². The first-order valence-corrected chi connectivity index (χ1v) is 5.69. The molecule has 0 spiro atoms. The van der Waals surface area contributed by atoms with Crippen molar-refractivity contribution in [1.29, 1.82) is 0 Å². The molecule has 2 unspecified atom stereocenters. The van der Waals surface area contributed by atoms with Gasteiger partial charge < -0.3 is 20.1 Å². The molecule has 0 aliphatic rings. The van der Waals surface area contributed by atoms with Gasteiger partial charge in [-0.15, -0.1) is 0 Å². The van der Waals surface area contributed by atoms with Gasteiger partial charge >= 0.3 is 12.0 Å². The molecule has 0 aliphatic carbocycles. The molecule has 0 aromatic carbocycles. The fourth-order valence-electron chi connectivity index (χ4n) is 1.44. The number of carbonyl (C=O) groups excluding carboxylic acids is 1. The quantitative estimate of drug-likeness (QED) is 0.700. The number of hydrogen-bond acceptors (Lipinski definition) is 3. The summed E-state index contributed by atoms with van der Waals surface area (Å²) in [7, 11) is 3.08. The molecule has 2 N–H and O–H groups in total. The zero-order valence-electron chi connectivity index (χ0n) is 10.9. The third kappa shape index (κ3) is 5.53. The molecule has 0 radical (unpaired) electrons. The van der Waals surface area contributed by atoms with Crippen LogP contribution in [0.5, 0.6) is 0 Å². The van der Waals surface area contributed by atoms with Gasteiger partial charge in [0.05, 0.1) is 0 Å². The highest BCUT2D eigenvalue weighted by Crippen LogP contribution is 2.03. The summed E-state index contributed by atoms with van der Waals surface area (Å²) in [5, 5.41) is 11.7. The zero-order chi connectivity index (χ0) is 13.4. The number of carbonyl (C=O) groups is 2. The van der Waals surface area contributed by atoms with Gasteiger partial charge in [0, 0.05) is 26.8 Å². The van der Waals surface area contributed by atoms with Crippen LogP contribution >= 0.6 is 0 Å². The summed E-state index contributed by atoms with van der Waals surface area (Å²) in [6.45, 7) is 4.14. The van der Waals surface area contributed by atoms with Crippen LogP contribution < -0.4 is 5.32 Å². The van der Waals surface area contributed by atoms with Gasteiger partial charge in [0.1, 0.15) is 6.04 Å². The van der Waals surface area contributed by atoms with E-state index in [4.69, 9.17) is 9.84 Å². The molecule has 6 nitrogen and oxygen atoms in total. The van der Waals surface area contributed by atoms with E-state index in [0.717, 1.165) is 0 Å². The van der Waals surface area contributed by atoms with Gasteiger partial charge in [-0.05, 0) is 19.8 Å².